The minimum absolute atomic E-state index is 0.660. The SMILES string of the molecule is Cc1cc(Nc2c(C)cccc2C)c(N)cc1Cl. The van der Waals surface area contributed by atoms with E-state index in [9.17, 15) is 0 Å². The van der Waals surface area contributed by atoms with Crippen LogP contribution >= 0.6 is 11.6 Å². The molecule has 0 atom stereocenters. The summed E-state index contributed by atoms with van der Waals surface area (Å²) in [4.78, 5) is 0. The molecule has 0 aliphatic rings. The van der Waals surface area contributed by atoms with Gasteiger partial charge in [-0.1, -0.05) is 29.8 Å². The minimum Gasteiger partial charge on any atom is -0.397 e. The molecule has 0 saturated heterocycles. The van der Waals surface area contributed by atoms with Crippen LogP contribution in [-0.2, 0) is 0 Å². The Hall–Kier alpha value is -1.67. The fraction of sp³-hybridized carbons (Fsp3) is 0.200. The Kier molecular flexibility index (Phi) is 3.48. The van der Waals surface area contributed by atoms with Crippen molar-refractivity contribution in [1.82, 2.24) is 0 Å². The first-order chi connectivity index (χ1) is 8.49. The van der Waals surface area contributed by atoms with E-state index in [4.69, 9.17) is 17.3 Å². The highest BCUT2D eigenvalue weighted by Crippen LogP contribution is 2.31. The molecule has 0 saturated carbocycles. The third-order valence-electron chi connectivity index (χ3n) is 3.07. The first kappa shape index (κ1) is 12.8. The number of rotatable bonds is 2. The summed E-state index contributed by atoms with van der Waals surface area (Å²) in [6.45, 7) is 6.13. The fourth-order valence-corrected chi connectivity index (χ4v) is 2.12. The highest BCUT2D eigenvalue weighted by molar-refractivity contribution is 6.31. The lowest BCUT2D eigenvalue weighted by Gasteiger charge is -2.15. The smallest absolute Gasteiger partial charge is 0.0621 e. The first-order valence-corrected chi connectivity index (χ1v) is 6.25. The number of nitrogens with one attached hydrogen (secondary N) is 1. The van der Waals surface area contributed by atoms with Crippen molar-refractivity contribution < 1.29 is 0 Å². The zero-order valence-electron chi connectivity index (χ0n) is 10.8. The Labute approximate surface area is 113 Å². The molecule has 2 nitrogen and oxygen atoms in total. The van der Waals surface area contributed by atoms with Crippen molar-refractivity contribution in [1.29, 1.82) is 0 Å². The largest absolute Gasteiger partial charge is 0.397 e. The monoisotopic (exact) mass is 260 g/mol. The number of nitrogens with two attached hydrogens (primary N) is 1. The van der Waals surface area contributed by atoms with Gasteiger partial charge in [-0.25, -0.2) is 0 Å². The molecule has 94 valence electrons. The summed E-state index contributed by atoms with van der Waals surface area (Å²) in [7, 11) is 0. The predicted octanol–water partition coefficient (Wildman–Crippen LogP) is 4.59. The number of hydrogen-bond acceptors (Lipinski definition) is 2. The topological polar surface area (TPSA) is 38.0 Å². The summed E-state index contributed by atoms with van der Waals surface area (Å²) in [6.07, 6.45) is 0. The van der Waals surface area contributed by atoms with E-state index in [0.29, 0.717) is 10.7 Å². The van der Waals surface area contributed by atoms with Gasteiger partial charge in [0.05, 0.1) is 11.4 Å². The third kappa shape index (κ3) is 2.44. The van der Waals surface area contributed by atoms with Crippen LogP contribution in [0.5, 0.6) is 0 Å². The summed E-state index contributed by atoms with van der Waals surface area (Å²) in [5, 5.41) is 4.09. The lowest BCUT2D eigenvalue weighted by molar-refractivity contribution is 1.35. The van der Waals surface area contributed by atoms with Gasteiger partial charge < -0.3 is 11.1 Å². The van der Waals surface area contributed by atoms with Crippen molar-refractivity contribution in [2.75, 3.05) is 11.1 Å². The summed E-state index contributed by atoms with van der Waals surface area (Å²) >= 11 is 6.04. The highest BCUT2D eigenvalue weighted by Gasteiger charge is 2.07. The van der Waals surface area contributed by atoms with Gasteiger partial charge in [0, 0.05) is 10.7 Å². The van der Waals surface area contributed by atoms with Crippen LogP contribution in [0.2, 0.25) is 5.02 Å². The highest BCUT2D eigenvalue weighted by atomic mass is 35.5. The molecule has 3 N–H and O–H groups in total. The summed E-state index contributed by atoms with van der Waals surface area (Å²) < 4.78 is 0. The van der Waals surface area contributed by atoms with Crippen LogP contribution in [0.25, 0.3) is 0 Å². The molecular weight excluding hydrogens is 244 g/mol. The van der Waals surface area contributed by atoms with Gasteiger partial charge >= 0.3 is 0 Å². The van der Waals surface area contributed by atoms with Crippen LogP contribution in [-0.4, -0.2) is 0 Å². The van der Waals surface area contributed by atoms with E-state index >= 15 is 0 Å². The van der Waals surface area contributed by atoms with E-state index in [0.717, 1.165) is 16.9 Å². The summed E-state index contributed by atoms with van der Waals surface area (Å²) in [6, 6.07) is 9.96. The molecule has 2 aromatic rings. The molecule has 0 fully saturated rings. The van der Waals surface area contributed by atoms with Crippen molar-refractivity contribution in [3.63, 3.8) is 0 Å². The molecule has 0 aromatic heterocycles. The quantitative estimate of drug-likeness (QED) is 0.775. The first-order valence-electron chi connectivity index (χ1n) is 5.88. The molecule has 0 spiro atoms. The van der Waals surface area contributed by atoms with Gasteiger partial charge in [0.15, 0.2) is 0 Å². The standard InChI is InChI=1S/C15H17ClN2/c1-9-5-4-6-10(2)15(9)18-14-7-11(3)12(16)8-13(14)17/h4-8,18H,17H2,1-3H3. The maximum absolute atomic E-state index is 6.04. The van der Waals surface area contributed by atoms with E-state index in [1.54, 1.807) is 6.07 Å². The number of aryl methyl sites for hydroxylation is 3. The van der Waals surface area contributed by atoms with Gasteiger partial charge in [-0.3, -0.25) is 0 Å². The van der Waals surface area contributed by atoms with Crippen LogP contribution in [0.15, 0.2) is 30.3 Å². The number of nitrogen functional groups attached to an aromatic ring is 1. The van der Waals surface area contributed by atoms with Crippen molar-refractivity contribution in [3.05, 3.63) is 52.0 Å². The van der Waals surface area contributed by atoms with Crippen LogP contribution in [0.1, 0.15) is 16.7 Å². The Morgan fingerprint density at radius 3 is 2.22 bits per heavy atom. The second-order valence-electron chi connectivity index (χ2n) is 4.58. The zero-order valence-corrected chi connectivity index (χ0v) is 11.6. The molecular formula is C15H17ClN2. The molecule has 0 unspecified atom stereocenters. The second-order valence-corrected chi connectivity index (χ2v) is 4.99. The molecule has 0 aliphatic heterocycles. The van der Waals surface area contributed by atoms with Gasteiger partial charge in [0.25, 0.3) is 0 Å². The van der Waals surface area contributed by atoms with Gasteiger partial charge in [-0.05, 0) is 49.6 Å². The molecule has 18 heavy (non-hydrogen) atoms. The Balaban J connectivity index is 2.43. The van der Waals surface area contributed by atoms with Gasteiger partial charge in [0.1, 0.15) is 0 Å². The van der Waals surface area contributed by atoms with E-state index in [-0.39, 0.29) is 0 Å². The van der Waals surface area contributed by atoms with Gasteiger partial charge in [0.2, 0.25) is 0 Å². The molecule has 0 aliphatic carbocycles. The van der Waals surface area contributed by atoms with Crippen LogP contribution in [0.3, 0.4) is 0 Å². The lowest BCUT2D eigenvalue weighted by Crippen LogP contribution is -2.00. The number of halogens is 1. The summed E-state index contributed by atoms with van der Waals surface area (Å²) in [5.74, 6) is 0. The average Bonchev–Trinajstić information content (AvgIpc) is 2.30. The van der Waals surface area contributed by atoms with E-state index in [2.05, 4.69) is 31.3 Å². The Bertz CT molecular complexity index is 571. The third-order valence-corrected chi connectivity index (χ3v) is 3.48. The van der Waals surface area contributed by atoms with Gasteiger partial charge in [-0.2, -0.15) is 0 Å². The lowest BCUT2D eigenvalue weighted by atomic mass is 10.1. The molecule has 2 rings (SSSR count). The van der Waals surface area contributed by atoms with E-state index in [1.165, 1.54) is 11.1 Å². The Morgan fingerprint density at radius 1 is 1.00 bits per heavy atom. The normalized spacial score (nSPS) is 10.4. The summed E-state index contributed by atoms with van der Waals surface area (Å²) in [5.41, 5.74) is 12.1. The van der Waals surface area contributed by atoms with Crippen LogP contribution < -0.4 is 11.1 Å². The van der Waals surface area contributed by atoms with Gasteiger partial charge in [-0.15, -0.1) is 0 Å². The van der Waals surface area contributed by atoms with Crippen molar-refractivity contribution in [2.45, 2.75) is 20.8 Å². The van der Waals surface area contributed by atoms with E-state index in [1.807, 2.05) is 19.1 Å². The van der Waals surface area contributed by atoms with Crippen LogP contribution in [0, 0.1) is 20.8 Å². The van der Waals surface area contributed by atoms with Crippen LogP contribution in [0.4, 0.5) is 17.1 Å². The molecule has 3 heteroatoms. The van der Waals surface area contributed by atoms with Crippen molar-refractivity contribution in [3.8, 4) is 0 Å². The fourth-order valence-electron chi connectivity index (χ4n) is 1.95. The molecule has 0 bridgehead atoms. The van der Waals surface area contributed by atoms with Crippen molar-refractivity contribution >= 4 is 28.7 Å². The second kappa shape index (κ2) is 4.91. The zero-order chi connectivity index (χ0) is 13.3. The van der Waals surface area contributed by atoms with E-state index < -0.39 is 0 Å². The molecule has 2 aromatic carbocycles. The maximum atomic E-state index is 6.04. The number of benzene rings is 2. The van der Waals surface area contributed by atoms with Crippen molar-refractivity contribution in [2.24, 2.45) is 0 Å². The predicted molar refractivity (Wildman–Crippen MR) is 79.8 cm³/mol. The molecule has 0 amide bonds. The average molecular weight is 261 g/mol. The Morgan fingerprint density at radius 2 is 1.61 bits per heavy atom. The molecule has 0 radical (unpaired) electrons. The molecule has 0 heterocycles. The number of para-hydroxylation sites is 1. The minimum atomic E-state index is 0.660. The number of anilines is 3. The number of hydrogen-bond donors (Lipinski definition) is 2. The maximum Gasteiger partial charge on any atom is 0.0621 e.